The zero-order chi connectivity index (χ0) is 15.9. The second-order valence-electron chi connectivity index (χ2n) is 6.71. The van der Waals surface area contributed by atoms with Crippen molar-refractivity contribution in [2.75, 3.05) is 50.7 Å². The van der Waals surface area contributed by atoms with Crippen LogP contribution in [0.15, 0.2) is 30.3 Å². The molecule has 2 saturated heterocycles. The van der Waals surface area contributed by atoms with E-state index in [9.17, 15) is 4.79 Å². The Hall–Kier alpha value is -1.55. The molecule has 126 valence electrons. The van der Waals surface area contributed by atoms with E-state index < -0.39 is 0 Å². The van der Waals surface area contributed by atoms with Crippen molar-refractivity contribution in [3.8, 4) is 0 Å². The average Bonchev–Trinajstić information content (AvgIpc) is 2.89. The Kier molecular flexibility index (Phi) is 5.92. The lowest BCUT2D eigenvalue weighted by Gasteiger charge is -2.36. The molecule has 1 aromatic carbocycles. The molecular formula is C19H29N3O. The first kappa shape index (κ1) is 16.3. The van der Waals surface area contributed by atoms with Crippen molar-refractivity contribution in [2.45, 2.75) is 32.1 Å². The molecule has 0 aliphatic carbocycles. The third-order valence-corrected chi connectivity index (χ3v) is 5.09. The Morgan fingerprint density at radius 3 is 2.13 bits per heavy atom. The third-order valence-electron chi connectivity index (χ3n) is 5.09. The van der Waals surface area contributed by atoms with Crippen molar-refractivity contribution in [3.63, 3.8) is 0 Å². The fourth-order valence-electron chi connectivity index (χ4n) is 3.62. The maximum Gasteiger partial charge on any atom is 0.223 e. The second kappa shape index (κ2) is 8.34. The van der Waals surface area contributed by atoms with Gasteiger partial charge in [-0.25, -0.2) is 0 Å². The van der Waals surface area contributed by atoms with Crippen molar-refractivity contribution in [1.29, 1.82) is 0 Å². The molecule has 0 bridgehead atoms. The predicted molar refractivity (Wildman–Crippen MR) is 94.8 cm³/mol. The highest BCUT2D eigenvalue weighted by Gasteiger charge is 2.21. The van der Waals surface area contributed by atoms with Crippen LogP contribution in [0, 0.1) is 0 Å². The summed E-state index contributed by atoms with van der Waals surface area (Å²) in [5.74, 6) is 0.335. The second-order valence-corrected chi connectivity index (χ2v) is 6.71. The number of para-hydroxylation sites is 1. The van der Waals surface area contributed by atoms with E-state index in [1.165, 1.54) is 44.5 Å². The van der Waals surface area contributed by atoms with Crippen LogP contribution in [0.25, 0.3) is 0 Å². The molecule has 2 aliphatic heterocycles. The number of anilines is 1. The Labute approximate surface area is 140 Å². The van der Waals surface area contributed by atoms with Crippen LogP contribution in [-0.2, 0) is 4.79 Å². The number of amides is 1. The van der Waals surface area contributed by atoms with Gasteiger partial charge in [-0.2, -0.15) is 0 Å². The number of hydrogen-bond acceptors (Lipinski definition) is 3. The fraction of sp³-hybridized carbons (Fsp3) is 0.632. The first-order valence-electron chi connectivity index (χ1n) is 9.13. The first-order chi connectivity index (χ1) is 11.3. The average molecular weight is 315 g/mol. The Bertz CT molecular complexity index is 475. The van der Waals surface area contributed by atoms with E-state index in [4.69, 9.17) is 0 Å². The minimum atomic E-state index is 0.335. The van der Waals surface area contributed by atoms with Crippen molar-refractivity contribution in [1.82, 2.24) is 9.80 Å². The van der Waals surface area contributed by atoms with E-state index in [2.05, 4.69) is 39.0 Å². The van der Waals surface area contributed by atoms with Crippen LogP contribution in [0.2, 0.25) is 0 Å². The van der Waals surface area contributed by atoms with Gasteiger partial charge in [0.1, 0.15) is 0 Å². The van der Waals surface area contributed by atoms with Crippen molar-refractivity contribution < 1.29 is 4.79 Å². The number of piperazine rings is 1. The van der Waals surface area contributed by atoms with Crippen LogP contribution in [0.5, 0.6) is 0 Å². The minimum absolute atomic E-state index is 0.335. The molecule has 0 saturated carbocycles. The zero-order valence-corrected chi connectivity index (χ0v) is 14.1. The van der Waals surface area contributed by atoms with Crippen LogP contribution >= 0.6 is 0 Å². The first-order valence-corrected chi connectivity index (χ1v) is 9.13. The summed E-state index contributed by atoms with van der Waals surface area (Å²) in [7, 11) is 0. The van der Waals surface area contributed by atoms with Crippen LogP contribution in [0.1, 0.15) is 32.1 Å². The highest BCUT2D eigenvalue weighted by molar-refractivity contribution is 5.76. The number of nitrogens with zero attached hydrogens (tertiary/aromatic N) is 3. The monoisotopic (exact) mass is 315 g/mol. The molecular weight excluding hydrogens is 286 g/mol. The quantitative estimate of drug-likeness (QED) is 0.854. The summed E-state index contributed by atoms with van der Waals surface area (Å²) in [5, 5.41) is 0. The van der Waals surface area contributed by atoms with E-state index in [1.807, 2.05) is 6.07 Å². The van der Waals surface area contributed by atoms with Gasteiger partial charge >= 0.3 is 0 Å². The number of carbonyl (C=O) groups excluding carboxylic acids is 1. The summed E-state index contributed by atoms with van der Waals surface area (Å²) in [5.41, 5.74) is 1.27. The fourth-order valence-corrected chi connectivity index (χ4v) is 3.62. The van der Waals surface area contributed by atoms with Gasteiger partial charge in [-0.1, -0.05) is 31.0 Å². The summed E-state index contributed by atoms with van der Waals surface area (Å²) in [4.78, 5) is 19.4. The number of carbonyl (C=O) groups is 1. The molecule has 0 aromatic heterocycles. The summed E-state index contributed by atoms with van der Waals surface area (Å²) in [6.07, 6.45) is 5.98. The minimum Gasteiger partial charge on any atom is -0.368 e. The number of hydrogen-bond donors (Lipinski definition) is 0. The molecule has 2 heterocycles. The lowest BCUT2D eigenvalue weighted by atomic mass is 10.2. The molecule has 4 heteroatoms. The molecule has 1 amide bonds. The van der Waals surface area contributed by atoms with Gasteiger partial charge in [-0.15, -0.1) is 0 Å². The maximum atomic E-state index is 12.5. The van der Waals surface area contributed by atoms with E-state index in [1.54, 1.807) is 0 Å². The van der Waals surface area contributed by atoms with Gasteiger partial charge in [0.15, 0.2) is 0 Å². The Morgan fingerprint density at radius 1 is 0.826 bits per heavy atom. The molecule has 0 atom stereocenters. The molecule has 1 aromatic rings. The van der Waals surface area contributed by atoms with E-state index in [0.29, 0.717) is 12.3 Å². The summed E-state index contributed by atoms with van der Waals surface area (Å²) < 4.78 is 0. The van der Waals surface area contributed by atoms with Gasteiger partial charge in [0.25, 0.3) is 0 Å². The van der Waals surface area contributed by atoms with Crippen LogP contribution in [-0.4, -0.2) is 61.5 Å². The van der Waals surface area contributed by atoms with Gasteiger partial charge in [0.05, 0.1) is 0 Å². The Morgan fingerprint density at radius 2 is 1.48 bits per heavy atom. The number of likely N-dealkylation sites (tertiary alicyclic amines) is 1. The molecule has 23 heavy (non-hydrogen) atoms. The molecule has 2 aliphatic rings. The van der Waals surface area contributed by atoms with Crippen LogP contribution in [0.3, 0.4) is 0 Å². The van der Waals surface area contributed by atoms with Crippen LogP contribution < -0.4 is 4.90 Å². The summed E-state index contributed by atoms with van der Waals surface area (Å²) >= 11 is 0. The highest BCUT2D eigenvalue weighted by atomic mass is 16.2. The normalized spacial score (nSPS) is 20.3. The maximum absolute atomic E-state index is 12.5. The van der Waals surface area contributed by atoms with Gasteiger partial charge < -0.3 is 14.7 Å². The van der Waals surface area contributed by atoms with E-state index >= 15 is 0 Å². The van der Waals surface area contributed by atoms with Gasteiger partial charge in [-0.3, -0.25) is 4.79 Å². The lowest BCUT2D eigenvalue weighted by Crippen LogP contribution is -2.49. The highest BCUT2D eigenvalue weighted by Crippen LogP contribution is 2.16. The summed E-state index contributed by atoms with van der Waals surface area (Å²) in [6.45, 7) is 6.89. The van der Waals surface area contributed by atoms with E-state index in [0.717, 1.165) is 32.7 Å². The number of rotatable bonds is 4. The predicted octanol–water partition coefficient (Wildman–Crippen LogP) is 2.60. The number of benzene rings is 1. The van der Waals surface area contributed by atoms with Crippen molar-refractivity contribution in [3.05, 3.63) is 30.3 Å². The van der Waals surface area contributed by atoms with Gasteiger partial charge in [0, 0.05) is 44.8 Å². The molecule has 0 unspecified atom stereocenters. The van der Waals surface area contributed by atoms with E-state index in [-0.39, 0.29) is 0 Å². The summed E-state index contributed by atoms with van der Waals surface area (Å²) in [6, 6.07) is 10.5. The van der Waals surface area contributed by atoms with Crippen molar-refractivity contribution >= 4 is 11.6 Å². The molecule has 3 rings (SSSR count). The zero-order valence-electron chi connectivity index (χ0n) is 14.1. The lowest BCUT2D eigenvalue weighted by molar-refractivity contribution is -0.131. The smallest absolute Gasteiger partial charge is 0.223 e. The molecule has 0 N–H and O–H groups in total. The topological polar surface area (TPSA) is 26.8 Å². The SMILES string of the molecule is O=C(CCN1CCCCCC1)N1CCN(c2ccccc2)CC1. The largest absolute Gasteiger partial charge is 0.368 e. The standard InChI is InChI=1S/C19H29N3O/c23-19(10-13-20-11-6-1-2-7-12-20)22-16-14-21(15-17-22)18-8-4-3-5-9-18/h3-5,8-9H,1-2,6-7,10-17H2. The third kappa shape index (κ3) is 4.71. The molecule has 2 fully saturated rings. The van der Waals surface area contributed by atoms with Gasteiger partial charge in [-0.05, 0) is 38.1 Å². The Balaban J connectivity index is 1.41. The molecule has 0 spiro atoms. The molecule has 4 nitrogen and oxygen atoms in total. The molecule has 0 radical (unpaired) electrons. The van der Waals surface area contributed by atoms with Crippen molar-refractivity contribution in [2.24, 2.45) is 0 Å². The van der Waals surface area contributed by atoms with Crippen LogP contribution in [0.4, 0.5) is 5.69 Å². The van der Waals surface area contributed by atoms with Gasteiger partial charge in [0.2, 0.25) is 5.91 Å².